The van der Waals surface area contributed by atoms with Crippen molar-refractivity contribution in [2.45, 2.75) is 43.5 Å². The zero-order chi connectivity index (χ0) is 15.6. The first-order valence-electron chi connectivity index (χ1n) is 6.93. The summed E-state index contributed by atoms with van der Waals surface area (Å²) in [5.41, 5.74) is 5.51. The van der Waals surface area contributed by atoms with Gasteiger partial charge >= 0.3 is 0 Å². The summed E-state index contributed by atoms with van der Waals surface area (Å²) in [5.74, 6) is 0. The van der Waals surface area contributed by atoms with Crippen molar-refractivity contribution in [3.63, 3.8) is 0 Å². The highest BCUT2D eigenvalue weighted by Gasteiger charge is 2.38. The van der Waals surface area contributed by atoms with Gasteiger partial charge in [0.1, 0.15) is 4.90 Å². The number of unbranched alkanes of at least 4 members (excludes halogenated alkanes) is 1. The van der Waals surface area contributed by atoms with Crippen LogP contribution in [0.15, 0.2) is 23.1 Å². The Hall–Kier alpha value is -1.67. The Morgan fingerprint density at radius 3 is 2.62 bits per heavy atom. The maximum Gasteiger partial charge on any atom is 0.270 e. The van der Waals surface area contributed by atoms with Gasteiger partial charge in [0, 0.05) is 24.7 Å². The van der Waals surface area contributed by atoms with Crippen LogP contribution >= 0.6 is 0 Å². The van der Waals surface area contributed by atoms with Gasteiger partial charge in [0.25, 0.3) is 5.69 Å². The van der Waals surface area contributed by atoms with Crippen LogP contribution in [-0.4, -0.2) is 30.2 Å². The second-order valence-corrected chi connectivity index (χ2v) is 7.04. The molecular formula is C13H19N3O4S. The van der Waals surface area contributed by atoms with Crippen molar-refractivity contribution in [3.8, 4) is 0 Å². The van der Waals surface area contributed by atoms with Crippen molar-refractivity contribution >= 4 is 21.4 Å². The van der Waals surface area contributed by atoms with Gasteiger partial charge in [0.15, 0.2) is 0 Å². The standard InChI is InChI=1S/C13H19N3O4S/c1-2-3-8-15(10-4-5-10)21(19,20)13-9-11(16(17)18)6-7-12(13)14/h6-7,9-10H,2-5,8,14H2,1H3. The zero-order valence-electron chi connectivity index (χ0n) is 11.9. The molecule has 0 spiro atoms. The van der Waals surface area contributed by atoms with Gasteiger partial charge < -0.3 is 5.73 Å². The molecule has 0 unspecified atom stereocenters. The van der Waals surface area contributed by atoms with E-state index in [1.807, 2.05) is 6.92 Å². The van der Waals surface area contributed by atoms with E-state index in [9.17, 15) is 18.5 Å². The van der Waals surface area contributed by atoms with Gasteiger partial charge in [0.2, 0.25) is 10.0 Å². The quantitative estimate of drug-likeness (QED) is 0.471. The summed E-state index contributed by atoms with van der Waals surface area (Å²) in [6, 6.07) is 3.53. The van der Waals surface area contributed by atoms with Gasteiger partial charge in [0.05, 0.1) is 10.6 Å². The number of nitro benzene ring substituents is 1. The second kappa shape index (κ2) is 5.98. The number of benzene rings is 1. The number of hydrogen-bond donors (Lipinski definition) is 1. The Labute approximate surface area is 123 Å². The summed E-state index contributed by atoms with van der Waals surface area (Å²) >= 11 is 0. The second-order valence-electron chi connectivity index (χ2n) is 5.18. The molecule has 8 heteroatoms. The Morgan fingerprint density at radius 1 is 1.43 bits per heavy atom. The first-order chi connectivity index (χ1) is 9.87. The van der Waals surface area contributed by atoms with Crippen LogP contribution in [0.25, 0.3) is 0 Å². The summed E-state index contributed by atoms with van der Waals surface area (Å²) in [4.78, 5) is 10.0. The molecule has 0 heterocycles. The fourth-order valence-corrected chi connectivity index (χ4v) is 4.02. The molecule has 116 valence electrons. The highest BCUT2D eigenvalue weighted by atomic mass is 32.2. The lowest BCUT2D eigenvalue weighted by molar-refractivity contribution is -0.385. The summed E-state index contributed by atoms with van der Waals surface area (Å²) in [6.45, 7) is 2.41. The SMILES string of the molecule is CCCCN(C1CC1)S(=O)(=O)c1cc([N+](=O)[O-])ccc1N. The number of nitrogens with zero attached hydrogens (tertiary/aromatic N) is 2. The zero-order valence-corrected chi connectivity index (χ0v) is 12.7. The van der Waals surface area contributed by atoms with Crippen LogP contribution in [0.2, 0.25) is 0 Å². The van der Waals surface area contributed by atoms with E-state index >= 15 is 0 Å². The molecule has 0 aliphatic heterocycles. The van der Waals surface area contributed by atoms with E-state index in [4.69, 9.17) is 5.73 Å². The third-order valence-corrected chi connectivity index (χ3v) is 5.49. The Morgan fingerprint density at radius 2 is 2.10 bits per heavy atom. The first kappa shape index (κ1) is 15.7. The molecule has 7 nitrogen and oxygen atoms in total. The van der Waals surface area contributed by atoms with Crippen LogP contribution in [0.1, 0.15) is 32.6 Å². The topological polar surface area (TPSA) is 107 Å². The van der Waals surface area contributed by atoms with E-state index in [2.05, 4.69) is 0 Å². The number of nitro groups is 1. The minimum atomic E-state index is -3.79. The lowest BCUT2D eigenvalue weighted by Gasteiger charge is -2.22. The van der Waals surface area contributed by atoms with Crippen molar-refractivity contribution in [2.75, 3.05) is 12.3 Å². The average Bonchev–Trinajstić information content (AvgIpc) is 3.23. The van der Waals surface area contributed by atoms with Gasteiger partial charge in [-0.25, -0.2) is 8.42 Å². The van der Waals surface area contributed by atoms with Crippen molar-refractivity contribution in [3.05, 3.63) is 28.3 Å². The Balaban J connectivity index is 2.41. The predicted octanol–water partition coefficient (Wildman–Crippen LogP) is 2.13. The van der Waals surface area contributed by atoms with Crippen LogP contribution in [0.4, 0.5) is 11.4 Å². The average molecular weight is 313 g/mol. The number of non-ortho nitro benzene ring substituents is 1. The summed E-state index contributed by atoms with van der Waals surface area (Å²) < 4.78 is 26.9. The van der Waals surface area contributed by atoms with Crippen LogP contribution < -0.4 is 5.73 Å². The molecule has 0 saturated heterocycles. The van der Waals surface area contributed by atoms with Crippen molar-refractivity contribution < 1.29 is 13.3 Å². The highest BCUT2D eigenvalue weighted by molar-refractivity contribution is 7.89. The minimum Gasteiger partial charge on any atom is -0.398 e. The number of nitrogens with two attached hydrogens (primary N) is 1. The van der Waals surface area contributed by atoms with Gasteiger partial charge in [-0.2, -0.15) is 4.31 Å². The lowest BCUT2D eigenvalue weighted by atomic mass is 10.3. The van der Waals surface area contributed by atoms with Crippen LogP contribution in [-0.2, 0) is 10.0 Å². The fourth-order valence-electron chi connectivity index (χ4n) is 2.16. The van der Waals surface area contributed by atoms with Gasteiger partial charge in [-0.3, -0.25) is 10.1 Å². The number of sulfonamides is 1. The molecular weight excluding hydrogens is 294 g/mol. The van der Waals surface area contributed by atoms with Crippen molar-refractivity contribution in [1.29, 1.82) is 0 Å². The number of rotatable bonds is 7. The molecule has 21 heavy (non-hydrogen) atoms. The molecule has 0 amide bonds. The Bertz CT molecular complexity index is 641. The number of hydrogen-bond acceptors (Lipinski definition) is 5. The normalized spacial score (nSPS) is 15.3. The highest BCUT2D eigenvalue weighted by Crippen LogP contribution is 2.35. The number of anilines is 1. The van der Waals surface area contributed by atoms with E-state index in [0.29, 0.717) is 6.54 Å². The lowest BCUT2D eigenvalue weighted by Crippen LogP contribution is -2.34. The van der Waals surface area contributed by atoms with E-state index in [1.165, 1.54) is 16.4 Å². The first-order valence-corrected chi connectivity index (χ1v) is 8.37. The molecule has 2 rings (SSSR count). The molecule has 0 atom stereocenters. The fraction of sp³-hybridized carbons (Fsp3) is 0.538. The van der Waals surface area contributed by atoms with Gasteiger partial charge in [-0.15, -0.1) is 0 Å². The molecule has 0 aromatic heterocycles. The Kier molecular flexibility index (Phi) is 4.48. The molecule has 1 aliphatic rings. The van der Waals surface area contributed by atoms with Gasteiger partial charge in [-0.1, -0.05) is 13.3 Å². The van der Waals surface area contributed by atoms with E-state index in [1.54, 1.807) is 0 Å². The van der Waals surface area contributed by atoms with Crippen molar-refractivity contribution in [2.24, 2.45) is 0 Å². The maximum atomic E-state index is 12.7. The molecule has 1 fully saturated rings. The molecule has 0 bridgehead atoms. The van der Waals surface area contributed by atoms with Crippen LogP contribution in [0, 0.1) is 10.1 Å². The molecule has 1 aromatic rings. The predicted molar refractivity (Wildman–Crippen MR) is 79.3 cm³/mol. The maximum absolute atomic E-state index is 12.7. The number of nitrogen functional groups attached to an aromatic ring is 1. The van der Waals surface area contributed by atoms with Crippen molar-refractivity contribution in [1.82, 2.24) is 4.31 Å². The third kappa shape index (κ3) is 3.33. The molecule has 2 N–H and O–H groups in total. The van der Waals surface area contributed by atoms with Gasteiger partial charge in [-0.05, 0) is 25.3 Å². The van der Waals surface area contributed by atoms with Crippen LogP contribution in [0.5, 0.6) is 0 Å². The van der Waals surface area contributed by atoms with E-state index < -0.39 is 14.9 Å². The summed E-state index contributed by atoms with van der Waals surface area (Å²) in [6.07, 6.45) is 3.29. The smallest absolute Gasteiger partial charge is 0.270 e. The van der Waals surface area contributed by atoms with E-state index in [0.717, 1.165) is 31.7 Å². The summed E-state index contributed by atoms with van der Waals surface area (Å²) in [5, 5.41) is 10.8. The minimum absolute atomic E-state index is 0.000197. The summed E-state index contributed by atoms with van der Waals surface area (Å²) in [7, 11) is -3.79. The molecule has 1 aliphatic carbocycles. The molecule has 1 aromatic carbocycles. The third-order valence-electron chi connectivity index (χ3n) is 3.48. The van der Waals surface area contributed by atoms with Crippen LogP contribution in [0.3, 0.4) is 0 Å². The monoisotopic (exact) mass is 313 g/mol. The molecule has 1 saturated carbocycles. The molecule has 0 radical (unpaired) electrons. The van der Waals surface area contributed by atoms with E-state index in [-0.39, 0.29) is 22.3 Å². The largest absolute Gasteiger partial charge is 0.398 e.